The van der Waals surface area contributed by atoms with E-state index in [4.69, 9.17) is 0 Å². The third-order valence-corrected chi connectivity index (χ3v) is 4.75. The first-order chi connectivity index (χ1) is 12.1. The molecule has 0 unspecified atom stereocenters. The maximum atomic E-state index is 13.0. The standard InChI is InChI=1S/C21H24N2O2/c1-3-17-9-4-6-12-19(17)23(16(2)24)15-21(25)22-14-8-11-18-10-5-7-13-20(18)22/h4-7,9-10,12-13H,3,8,11,14-15H2,1-2H3. The normalized spacial score (nSPS) is 13.3. The predicted octanol–water partition coefficient (Wildman–Crippen LogP) is 3.58. The molecule has 1 aliphatic heterocycles. The topological polar surface area (TPSA) is 40.6 Å². The number of benzene rings is 2. The fourth-order valence-electron chi connectivity index (χ4n) is 3.45. The van der Waals surface area contributed by atoms with Gasteiger partial charge in [0.1, 0.15) is 6.54 Å². The number of aryl methyl sites for hydroxylation is 2. The third kappa shape index (κ3) is 3.58. The number of rotatable bonds is 4. The molecule has 0 fully saturated rings. The Kier molecular flexibility index (Phi) is 5.17. The largest absolute Gasteiger partial charge is 0.311 e. The second-order valence-electron chi connectivity index (χ2n) is 6.37. The van der Waals surface area contributed by atoms with Gasteiger partial charge >= 0.3 is 0 Å². The minimum atomic E-state index is -0.112. The first kappa shape index (κ1) is 17.2. The van der Waals surface area contributed by atoms with Crippen LogP contribution in [-0.2, 0) is 22.4 Å². The summed E-state index contributed by atoms with van der Waals surface area (Å²) in [6.45, 7) is 4.35. The van der Waals surface area contributed by atoms with Crippen molar-refractivity contribution < 1.29 is 9.59 Å². The molecule has 130 valence electrons. The predicted molar refractivity (Wildman–Crippen MR) is 101 cm³/mol. The highest BCUT2D eigenvalue weighted by atomic mass is 16.2. The molecule has 2 aromatic carbocycles. The zero-order valence-corrected chi connectivity index (χ0v) is 14.9. The number of fused-ring (bicyclic) bond motifs is 1. The third-order valence-electron chi connectivity index (χ3n) is 4.75. The first-order valence-electron chi connectivity index (χ1n) is 8.86. The molecular weight excluding hydrogens is 312 g/mol. The van der Waals surface area contributed by atoms with Crippen molar-refractivity contribution >= 4 is 23.2 Å². The quantitative estimate of drug-likeness (QED) is 0.856. The summed E-state index contributed by atoms with van der Waals surface area (Å²) < 4.78 is 0. The number of hydrogen-bond acceptors (Lipinski definition) is 2. The van der Waals surface area contributed by atoms with Gasteiger partial charge in [-0.3, -0.25) is 9.59 Å². The summed E-state index contributed by atoms with van der Waals surface area (Å²) >= 11 is 0. The maximum absolute atomic E-state index is 13.0. The lowest BCUT2D eigenvalue weighted by atomic mass is 10.0. The summed E-state index contributed by atoms with van der Waals surface area (Å²) in [5, 5.41) is 0. The second-order valence-corrected chi connectivity index (χ2v) is 6.37. The fraction of sp³-hybridized carbons (Fsp3) is 0.333. The molecule has 0 atom stereocenters. The molecule has 2 aromatic rings. The molecule has 4 nitrogen and oxygen atoms in total. The molecule has 0 saturated carbocycles. The summed E-state index contributed by atoms with van der Waals surface area (Å²) in [4.78, 5) is 28.6. The van der Waals surface area contributed by atoms with Gasteiger partial charge < -0.3 is 9.80 Å². The lowest BCUT2D eigenvalue weighted by Gasteiger charge is -2.32. The first-order valence-corrected chi connectivity index (χ1v) is 8.86. The van der Waals surface area contributed by atoms with E-state index in [-0.39, 0.29) is 18.4 Å². The van der Waals surface area contributed by atoms with Gasteiger partial charge in [-0.15, -0.1) is 0 Å². The monoisotopic (exact) mass is 336 g/mol. The van der Waals surface area contributed by atoms with E-state index in [0.29, 0.717) is 6.54 Å². The van der Waals surface area contributed by atoms with Crippen LogP contribution in [0.4, 0.5) is 11.4 Å². The number of carbonyl (C=O) groups excluding carboxylic acids is 2. The highest BCUT2D eigenvalue weighted by Crippen LogP contribution is 2.28. The average Bonchev–Trinajstić information content (AvgIpc) is 2.65. The SMILES string of the molecule is CCc1ccccc1N(CC(=O)N1CCCc2ccccc21)C(C)=O. The van der Waals surface area contributed by atoms with Crippen LogP contribution in [0.25, 0.3) is 0 Å². The van der Waals surface area contributed by atoms with Crippen LogP contribution in [0.2, 0.25) is 0 Å². The van der Waals surface area contributed by atoms with Crippen LogP contribution >= 0.6 is 0 Å². The molecule has 0 saturated heterocycles. The molecule has 1 heterocycles. The number of carbonyl (C=O) groups is 2. The van der Waals surface area contributed by atoms with Gasteiger partial charge in [0.05, 0.1) is 0 Å². The molecule has 2 amide bonds. The summed E-state index contributed by atoms with van der Waals surface area (Å²) in [7, 11) is 0. The fourth-order valence-corrected chi connectivity index (χ4v) is 3.45. The van der Waals surface area contributed by atoms with Crippen LogP contribution in [0.1, 0.15) is 31.4 Å². The second kappa shape index (κ2) is 7.51. The van der Waals surface area contributed by atoms with Crippen LogP contribution in [-0.4, -0.2) is 24.9 Å². The average molecular weight is 336 g/mol. The number of para-hydroxylation sites is 2. The van der Waals surface area contributed by atoms with Crippen LogP contribution < -0.4 is 9.80 Å². The molecule has 0 N–H and O–H groups in total. The van der Waals surface area contributed by atoms with E-state index in [9.17, 15) is 9.59 Å². The number of amides is 2. The summed E-state index contributed by atoms with van der Waals surface area (Å²) in [5.74, 6) is -0.146. The summed E-state index contributed by atoms with van der Waals surface area (Å²) in [6.07, 6.45) is 2.77. The van der Waals surface area contributed by atoms with E-state index in [1.807, 2.05) is 47.4 Å². The minimum Gasteiger partial charge on any atom is -0.311 e. The van der Waals surface area contributed by atoms with Crippen molar-refractivity contribution in [3.8, 4) is 0 Å². The van der Waals surface area contributed by atoms with Gasteiger partial charge in [0.15, 0.2) is 0 Å². The maximum Gasteiger partial charge on any atom is 0.247 e. The van der Waals surface area contributed by atoms with Crippen LogP contribution in [0.15, 0.2) is 48.5 Å². The summed E-state index contributed by atoms with van der Waals surface area (Å²) in [6, 6.07) is 15.8. The lowest BCUT2D eigenvalue weighted by Crippen LogP contribution is -2.44. The van der Waals surface area contributed by atoms with Gasteiger partial charge in [-0.2, -0.15) is 0 Å². The van der Waals surface area contributed by atoms with Crippen molar-refractivity contribution in [2.45, 2.75) is 33.1 Å². The lowest BCUT2D eigenvalue weighted by molar-refractivity contribution is -0.121. The molecule has 0 bridgehead atoms. The van der Waals surface area contributed by atoms with E-state index < -0.39 is 0 Å². The Hall–Kier alpha value is -2.62. The van der Waals surface area contributed by atoms with Gasteiger partial charge in [-0.25, -0.2) is 0 Å². The molecular formula is C21H24N2O2. The van der Waals surface area contributed by atoms with Gasteiger partial charge in [0.25, 0.3) is 0 Å². The van der Waals surface area contributed by atoms with Crippen molar-refractivity contribution in [1.82, 2.24) is 0 Å². The molecule has 0 radical (unpaired) electrons. The Bertz CT molecular complexity index is 785. The zero-order chi connectivity index (χ0) is 17.8. The number of hydrogen-bond donors (Lipinski definition) is 0. The molecule has 0 aliphatic carbocycles. The van der Waals surface area contributed by atoms with E-state index in [1.165, 1.54) is 12.5 Å². The molecule has 4 heteroatoms. The molecule has 1 aliphatic rings. The van der Waals surface area contributed by atoms with Crippen molar-refractivity contribution in [2.75, 3.05) is 22.9 Å². The number of nitrogens with zero attached hydrogens (tertiary/aromatic N) is 2. The van der Waals surface area contributed by atoms with Gasteiger partial charge in [-0.05, 0) is 42.5 Å². The van der Waals surface area contributed by atoms with Crippen LogP contribution in [0.5, 0.6) is 0 Å². The molecule has 0 aromatic heterocycles. The Balaban J connectivity index is 1.87. The van der Waals surface area contributed by atoms with Crippen LogP contribution in [0.3, 0.4) is 0 Å². The molecule has 3 rings (SSSR count). The van der Waals surface area contributed by atoms with E-state index >= 15 is 0 Å². The van der Waals surface area contributed by atoms with Gasteiger partial charge in [0.2, 0.25) is 11.8 Å². The Labute approximate surface area is 149 Å². The highest BCUT2D eigenvalue weighted by molar-refractivity contribution is 6.03. The van der Waals surface area contributed by atoms with E-state index in [0.717, 1.165) is 36.2 Å². The summed E-state index contributed by atoms with van der Waals surface area (Å²) in [5.41, 5.74) is 4.08. The zero-order valence-electron chi connectivity index (χ0n) is 14.9. The van der Waals surface area contributed by atoms with Crippen molar-refractivity contribution in [3.05, 3.63) is 59.7 Å². The van der Waals surface area contributed by atoms with E-state index in [1.54, 1.807) is 4.90 Å². The number of anilines is 2. The van der Waals surface area contributed by atoms with E-state index in [2.05, 4.69) is 13.0 Å². The van der Waals surface area contributed by atoms with Crippen LogP contribution in [0, 0.1) is 0 Å². The van der Waals surface area contributed by atoms with Gasteiger partial charge in [-0.1, -0.05) is 43.3 Å². The Morgan fingerprint density at radius 3 is 2.56 bits per heavy atom. The molecule has 0 spiro atoms. The van der Waals surface area contributed by atoms with Crippen molar-refractivity contribution in [1.29, 1.82) is 0 Å². The Morgan fingerprint density at radius 2 is 1.80 bits per heavy atom. The smallest absolute Gasteiger partial charge is 0.247 e. The van der Waals surface area contributed by atoms with Crippen molar-refractivity contribution in [3.63, 3.8) is 0 Å². The van der Waals surface area contributed by atoms with Crippen molar-refractivity contribution in [2.24, 2.45) is 0 Å². The highest BCUT2D eigenvalue weighted by Gasteiger charge is 2.25. The minimum absolute atomic E-state index is 0.0340. The molecule has 25 heavy (non-hydrogen) atoms. The van der Waals surface area contributed by atoms with Gasteiger partial charge in [0, 0.05) is 24.8 Å². The Morgan fingerprint density at radius 1 is 1.08 bits per heavy atom.